The second-order valence-corrected chi connectivity index (χ2v) is 6.40. The number of amides is 1. The molecule has 24 heavy (non-hydrogen) atoms. The number of furan rings is 1. The van der Waals surface area contributed by atoms with E-state index in [2.05, 4.69) is 5.32 Å². The van der Waals surface area contributed by atoms with Crippen molar-refractivity contribution in [1.82, 2.24) is 5.32 Å². The molecule has 0 aliphatic rings. The molecule has 3 aromatic rings. The van der Waals surface area contributed by atoms with E-state index in [0.717, 1.165) is 33.9 Å². The van der Waals surface area contributed by atoms with E-state index >= 15 is 0 Å². The van der Waals surface area contributed by atoms with Gasteiger partial charge in [-0.3, -0.25) is 4.79 Å². The summed E-state index contributed by atoms with van der Waals surface area (Å²) in [5, 5.41) is 5.01. The van der Waals surface area contributed by atoms with Crippen molar-refractivity contribution >= 4 is 17.2 Å². The molecule has 0 radical (unpaired) electrons. The van der Waals surface area contributed by atoms with Gasteiger partial charge >= 0.3 is 0 Å². The molecule has 0 bridgehead atoms. The number of rotatable bonds is 7. The van der Waals surface area contributed by atoms with Gasteiger partial charge in [0.1, 0.15) is 11.5 Å². The van der Waals surface area contributed by atoms with Crippen LogP contribution in [0, 0.1) is 0 Å². The first-order valence-corrected chi connectivity index (χ1v) is 8.63. The highest BCUT2D eigenvalue weighted by atomic mass is 32.1. The molecule has 0 saturated carbocycles. The second-order valence-electron chi connectivity index (χ2n) is 5.40. The summed E-state index contributed by atoms with van der Waals surface area (Å²) < 4.78 is 10.5. The van der Waals surface area contributed by atoms with Crippen molar-refractivity contribution in [3.63, 3.8) is 0 Å². The zero-order valence-electron chi connectivity index (χ0n) is 13.5. The number of benzene rings is 1. The van der Waals surface area contributed by atoms with Crippen LogP contribution in [0.15, 0.2) is 58.5 Å². The third-order valence-electron chi connectivity index (χ3n) is 3.72. The Labute approximate surface area is 145 Å². The highest BCUT2D eigenvalue weighted by Crippen LogP contribution is 2.25. The van der Waals surface area contributed by atoms with Gasteiger partial charge in [0.25, 0.3) is 0 Å². The van der Waals surface area contributed by atoms with E-state index in [1.54, 1.807) is 24.7 Å². The molecule has 0 unspecified atom stereocenters. The number of methoxy groups -OCH3 is 1. The van der Waals surface area contributed by atoms with Crippen LogP contribution in [-0.2, 0) is 17.8 Å². The maximum Gasteiger partial charge on any atom is 0.220 e. The number of ether oxygens (including phenoxy) is 1. The summed E-state index contributed by atoms with van der Waals surface area (Å²) in [6.45, 7) is 0.548. The maximum absolute atomic E-state index is 12.0. The molecule has 2 heterocycles. The van der Waals surface area contributed by atoms with Gasteiger partial charge in [-0.25, -0.2) is 0 Å². The molecule has 0 saturated heterocycles. The van der Waals surface area contributed by atoms with Crippen LogP contribution in [0.3, 0.4) is 0 Å². The summed E-state index contributed by atoms with van der Waals surface area (Å²) in [6.07, 6.45) is 2.86. The maximum atomic E-state index is 12.0. The quantitative estimate of drug-likeness (QED) is 0.698. The summed E-state index contributed by atoms with van der Waals surface area (Å²) in [5.41, 5.74) is 2.18. The van der Waals surface area contributed by atoms with Crippen molar-refractivity contribution in [3.05, 3.63) is 64.5 Å². The molecule has 3 rings (SSSR count). The lowest BCUT2D eigenvalue weighted by atomic mass is 10.1. The molecule has 0 spiro atoms. The van der Waals surface area contributed by atoms with E-state index in [0.29, 0.717) is 13.0 Å². The van der Waals surface area contributed by atoms with Gasteiger partial charge in [-0.15, -0.1) is 11.3 Å². The summed E-state index contributed by atoms with van der Waals surface area (Å²) in [6, 6.07) is 13.6. The van der Waals surface area contributed by atoms with Gasteiger partial charge in [0, 0.05) is 22.2 Å². The molecule has 1 amide bonds. The molecule has 0 aliphatic heterocycles. The minimum absolute atomic E-state index is 0.0544. The Bertz CT molecular complexity index is 775. The van der Waals surface area contributed by atoms with Crippen LogP contribution in [-0.4, -0.2) is 13.0 Å². The number of hydrogen-bond acceptors (Lipinski definition) is 4. The Morgan fingerprint density at radius 2 is 2.08 bits per heavy atom. The number of thiophene rings is 1. The summed E-state index contributed by atoms with van der Waals surface area (Å²) in [5.74, 6) is 1.73. The standard InChI is InChI=1S/C19H19NO3S/c1-22-16-7-4-14(5-8-16)6-9-19(21)20-12-17-11-15(13-24-17)18-3-2-10-23-18/h2-5,7-8,10-11,13H,6,9,12H2,1H3,(H,20,21). The van der Waals surface area contributed by atoms with E-state index in [1.807, 2.05) is 47.8 Å². The van der Waals surface area contributed by atoms with Crippen LogP contribution in [0.5, 0.6) is 5.75 Å². The van der Waals surface area contributed by atoms with Crippen LogP contribution in [0.25, 0.3) is 11.3 Å². The fraction of sp³-hybridized carbons (Fsp3) is 0.211. The highest BCUT2D eigenvalue weighted by Gasteiger charge is 2.07. The Balaban J connectivity index is 1.45. The van der Waals surface area contributed by atoms with Gasteiger partial charge in [-0.2, -0.15) is 0 Å². The van der Waals surface area contributed by atoms with E-state index in [9.17, 15) is 4.79 Å². The SMILES string of the molecule is COc1ccc(CCC(=O)NCc2cc(-c3ccco3)cs2)cc1. The molecule has 0 fully saturated rings. The molecule has 124 valence electrons. The second kappa shape index (κ2) is 7.84. The van der Waals surface area contributed by atoms with Gasteiger partial charge in [0.05, 0.1) is 19.9 Å². The van der Waals surface area contributed by atoms with Crippen LogP contribution < -0.4 is 10.1 Å². The zero-order valence-corrected chi connectivity index (χ0v) is 14.3. The predicted octanol–water partition coefficient (Wildman–Crippen LogP) is 4.27. The minimum Gasteiger partial charge on any atom is -0.497 e. The topological polar surface area (TPSA) is 51.5 Å². The zero-order chi connectivity index (χ0) is 16.8. The first-order chi connectivity index (χ1) is 11.7. The Morgan fingerprint density at radius 1 is 1.25 bits per heavy atom. The number of aryl methyl sites for hydroxylation is 1. The third kappa shape index (κ3) is 4.26. The molecular formula is C19H19NO3S. The Morgan fingerprint density at radius 3 is 2.79 bits per heavy atom. The summed E-state index contributed by atoms with van der Waals surface area (Å²) in [4.78, 5) is 13.1. The molecule has 4 nitrogen and oxygen atoms in total. The van der Waals surface area contributed by atoms with Gasteiger partial charge in [-0.05, 0) is 42.3 Å². The van der Waals surface area contributed by atoms with Gasteiger partial charge in [0.15, 0.2) is 0 Å². The molecule has 5 heteroatoms. The summed E-state index contributed by atoms with van der Waals surface area (Å²) >= 11 is 1.62. The van der Waals surface area contributed by atoms with Gasteiger partial charge in [-0.1, -0.05) is 12.1 Å². The fourth-order valence-electron chi connectivity index (χ4n) is 2.37. The highest BCUT2D eigenvalue weighted by molar-refractivity contribution is 7.10. The predicted molar refractivity (Wildman–Crippen MR) is 95.2 cm³/mol. The smallest absolute Gasteiger partial charge is 0.220 e. The van der Waals surface area contributed by atoms with E-state index in [4.69, 9.17) is 9.15 Å². The van der Waals surface area contributed by atoms with Crippen molar-refractivity contribution in [2.75, 3.05) is 7.11 Å². The molecule has 0 atom stereocenters. The Hall–Kier alpha value is -2.53. The number of carbonyl (C=O) groups excluding carboxylic acids is 1. The van der Waals surface area contributed by atoms with E-state index in [-0.39, 0.29) is 5.91 Å². The van der Waals surface area contributed by atoms with Crippen molar-refractivity contribution < 1.29 is 13.9 Å². The number of carbonyl (C=O) groups is 1. The Kier molecular flexibility index (Phi) is 5.33. The molecule has 1 N–H and O–H groups in total. The third-order valence-corrected chi connectivity index (χ3v) is 4.66. The number of hydrogen-bond donors (Lipinski definition) is 1. The van der Waals surface area contributed by atoms with Gasteiger partial charge < -0.3 is 14.5 Å². The average molecular weight is 341 g/mol. The lowest BCUT2D eigenvalue weighted by molar-refractivity contribution is -0.121. The van der Waals surface area contributed by atoms with Crippen molar-refractivity contribution in [2.24, 2.45) is 0 Å². The molecule has 1 aromatic carbocycles. The fourth-order valence-corrected chi connectivity index (χ4v) is 3.18. The van der Waals surface area contributed by atoms with Crippen LogP contribution in [0.4, 0.5) is 0 Å². The van der Waals surface area contributed by atoms with Crippen molar-refractivity contribution in [3.8, 4) is 17.1 Å². The molecular weight excluding hydrogens is 322 g/mol. The lowest BCUT2D eigenvalue weighted by Crippen LogP contribution is -2.22. The monoisotopic (exact) mass is 341 g/mol. The minimum atomic E-state index is 0.0544. The average Bonchev–Trinajstić information content (AvgIpc) is 3.29. The van der Waals surface area contributed by atoms with Crippen LogP contribution in [0.1, 0.15) is 16.9 Å². The van der Waals surface area contributed by atoms with Crippen molar-refractivity contribution in [2.45, 2.75) is 19.4 Å². The first-order valence-electron chi connectivity index (χ1n) is 7.75. The van der Waals surface area contributed by atoms with E-state index in [1.165, 1.54) is 0 Å². The summed E-state index contributed by atoms with van der Waals surface area (Å²) in [7, 11) is 1.64. The van der Waals surface area contributed by atoms with Crippen LogP contribution >= 0.6 is 11.3 Å². The van der Waals surface area contributed by atoms with Gasteiger partial charge in [0.2, 0.25) is 5.91 Å². The molecule has 0 aliphatic carbocycles. The lowest BCUT2D eigenvalue weighted by Gasteiger charge is -2.05. The van der Waals surface area contributed by atoms with E-state index < -0.39 is 0 Å². The molecule has 2 aromatic heterocycles. The first kappa shape index (κ1) is 16.3. The van der Waals surface area contributed by atoms with Crippen molar-refractivity contribution in [1.29, 1.82) is 0 Å². The largest absolute Gasteiger partial charge is 0.497 e. The number of nitrogens with one attached hydrogen (secondary N) is 1. The normalized spacial score (nSPS) is 10.5. The van der Waals surface area contributed by atoms with Crippen LogP contribution in [0.2, 0.25) is 0 Å².